The van der Waals surface area contributed by atoms with E-state index in [-0.39, 0.29) is 11.5 Å². The van der Waals surface area contributed by atoms with Gasteiger partial charge in [-0.2, -0.15) is 0 Å². The SMILES string of the molecule is CN1C(=O)C(=Cc2nc3ccccc3c(=O)n2-c2ccc(Cl)cc2)c2cc(Br)ccc21. The molecule has 31 heavy (non-hydrogen) atoms. The third-order valence-corrected chi connectivity index (χ3v) is 6.05. The summed E-state index contributed by atoms with van der Waals surface area (Å²) < 4.78 is 2.37. The average Bonchev–Trinajstić information content (AvgIpc) is 2.99. The Morgan fingerprint density at radius 3 is 2.52 bits per heavy atom. The molecule has 0 saturated carbocycles. The molecule has 1 aliphatic heterocycles. The molecule has 3 aromatic carbocycles. The second-order valence-electron chi connectivity index (χ2n) is 7.19. The van der Waals surface area contributed by atoms with Crippen LogP contribution >= 0.6 is 27.5 Å². The lowest BCUT2D eigenvalue weighted by molar-refractivity contribution is -0.112. The smallest absolute Gasteiger partial charge is 0.266 e. The van der Waals surface area contributed by atoms with Crippen LogP contribution in [0.1, 0.15) is 11.4 Å². The van der Waals surface area contributed by atoms with Crippen LogP contribution < -0.4 is 10.5 Å². The van der Waals surface area contributed by atoms with Crippen molar-refractivity contribution in [3.05, 3.63) is 98.0 Å². The number of carbonyl (C=O) groups is 1. The molecule has 2 heterocycles. The van der Waals surface area contributed by atoms with Gasteiger partial charge in [-0.3, -0.25) is 14.2 Å². The molecule has 5 nitrogen and oxygen atoms in total. The fourth-order valence-corrected chi connectivity index (χ4v) is 4.26. The standard InChI is InChI=1S/C24H15BrClN3O2/c1-28-21-11-6-14(25)12-18(21)19(23(28)30)13-22-27-20-5-3-2-4-17(20)24(31)29(22)16-9-7-15(26)8-10-16/h2-13H,1H3. The fourth-order valence-electron chi connectivity index (χ4n) is 3.78. The predicted molar refractivity (Wildman–Crippen MR) is 128 cm³/mol. The van der Waals surface area contributed by atoms with Gasteiger partial charge in [0.15, 0.2) is 0 Å². The number of hydrogen-bond donors (Lipinski definition) is 0. The number of para-hydroxylation sites is 1. The van der Waals surface area contributed by atoms with Crippen LogP contribution in [0, 0.1) is 0 Å². The third kappa shape index (κ3) is 3.28. The van der Waals surface area contributed by atoms with Crippen molar-refractivity contribution in [2.24, 2.45) is 0 Å². The first kappa shape index (κ1) is 19.7. The maximum atomic E-state index is 13.4. The monoisotopic (exact) mass is 491 g/mol. The van der Waals surface area contributed by atoms with E-state index in [0.717, 1.165) is 15.7 Å². The highest BCUT2D eigenvalue weighted by molar-refractivity contribution is 9.10. The minimum absolute atomic E-state index is 0.154. The molecular formula is C24H15BrClN3O2. The molecule has 1 aromatic heterocycles. The van der Waals surface area contributed by atoms with Crippen LogP contribution in [0.4, 0.5) is 5.69 Å². The maximum absolute atomic E-state index is 13.4. The Labute approximate surface area is 191 Å². The Balaban J connectivity index is 1.82. The Hall–Kier alpha value is -3.22. The van der Waals surface area contributed by atoms with E-state index in [2.05, 4.69) is 15.9 Å². The van der Waals surface area contributed by atoms with E-state index < -0.39 is 0 Å². The molecule has 152 valence electrons. The predicted octanol–water partition coefficient (Wildman–Crippen LogP) is 5.32. The zero-order valence-electron chi connectivity index (χ0n) is 16.3. The molecule has 0 aliphatic carbocycles. The van der Waals surface area contributed by atoms with Crippen LogP contribution in [0.15, 0.2) is 76.0 Å². The van der Waals surface area contributed by atoms with Gasteiger partial charge in [0.25, 0.3) is 11.5 Å². The number of benzene rings is 3. The Morgan fingerprint density at radius 1 is 1.00 bits per heavy atom. The van der Waals surface area contributed by atoms with E-state index in [1.165, 1.54) is 4.57 Å². The van der Waals surface area contributed by atoms with Gasteiger partial charge < -0.3 is 4.90 Å². The molecule has 0 radical (unpaired) electrons. The van der Waals surface area contributed by atoms with Crippen molar-refractivity contribution in [1.29, 1.82) is 0 Å². The Kier molecular flexibility index (Phi) is 4.76. The molecule has 0 fully saturated rings. The molecule has 0 N–H and O–H groups in total. The number of rotatable bonds is 2. The number of fused-ring (bicyclic) bond motifs is 2. The Bertz CT molecular complexity index is 1460. The van der Waals surface area contributed by atoms with Crippen LogP contribution in [-0.2, 0) is 4.79 Å². The summed E-state index contributed by atoms with van der Waals surface area (Å²) in [6.07, 6.45) is 1.68. The molecular weight excluding hydrogens is 478 g/mol. The van der Waals surface area contributed by atoms with Crippen LogP contribution in [-0.4, -0.2) is 22.5 Å². The van der Waals surface area contributed by atoms with Gasteiger partial charge in [0.05, 0.1) is 27.9 Å². The highest BCUT2D eigenvalue weighted by Gasteiger charge is 2.30. The van der Waals surface area contributed by atoms with Crippen molar-refractivity contribution in [1.82, 2.24) is 9.55 Å². The van der Waals surface area contributed by atoms with Crippen molar-refractivity contribution in [2.75, 3.05) is 11.9 Å². The lowest BCUT2D eigenvalue weighted by Gasteiger charge is -2.12. The summed E-state index contributed by atoms with van der Waals surface area (Å²) in [5.41, 5.74) is 3.04. The molecule has 1 aliphatic rings. The molecule has 0 bridgehead atoms. The van der Waals surface area contributed by atoms with Crippen LogP contribution in [0.5, 0.6) is 0 Å². The van der Waals surface area contributed by atoms with E-state index in [9.17, 15) is 9.59 Å². The van der Waals surface area contributed by atoms with E-state index >= 15 is 0 Å². The number of likely N-dealkylation sites (N-methyl/N-ethyl adjacent to an activating group) is 1. The number of hydrogen-bond acceptors (Lipinski definition) is 3. The highest BCUT2D eigenvalue weighted by Crippen LogP contribution is 2.38. The number of anilines is 1. The minimum atomic E-state index is -0.215. The number of nitrogens with zero attached hydrogens (tertiary/aromatic N) is 3. The van der Waals surface area contributed by atoms with Crippen molar-refractivity contribution in [3.8, 4) is 5.69 Å². The van der Waals surface area contributed by atoms with Crippen molar-refractivity contribution in [2.45, 2.75) is 0 Å². The summed E-state index contributed by atoms with van der Waals surface area (Å²) in [4.78, 5) is 32.8. The quantitative estimate of drug-likeness (QED) is 0.356. The van der Waals surface area contributed by atoms with Crippen LogP contribution in [0.3, 0.4) is 0 Å². The van der Waals surface area contributed by atoms with Gasteiger partial charge in [0, 0.05) is 22.1 Å². The fraction of sp³-hybridized carbons (Fsp3) is 0.0417. The van der Waals surface area contributed by atoms with E-state index in [1.54, 1.807) is 60.5 Å². The van der Waals surface area contributed by atoms with E-state index in [1.807, 2.05) is 24.3 Å². The number of amides is 1. The topological polar surface area (TPSA) is 55.2 Å². The number of carbonyl (C=O) groups excluding carboxylic acids is 1. The first-order valence-electron chi connectivity index (χ1n) is 9.51. The second kappa shape index (κ2) is 7.48. The lowest BCUT2D eigenvalue weighted by Crippen LogP contribution is -2.23. The molecule has 0 saturated heterocycles. The van der Waals surface area contributed by atoms with Gasteiger partial charge in [-0.25, -0.2) is 4.98 Å². The van der Waals surface area contributed by atoms with E-state index in [4.69, 9.17) is 16.6 Å². The minimum Gasteiger partial charge on any atom is -0.311 e. The highest BCUT2D eigenvalue weighted by atomic mass is 79.9. The Morgan fingerprint density at radius 2 is 1.74 bits per heavy atom. The summed E-state index contributed by atoms with van der Waals surface area (Å²) in [6.45, 7) is 0. The zero-order chi connectivity index (χ0) is 21.7. The molecule has 7 heteroatoms. The lowest BCUT2D eigenvalue weighted by atomic mass is 10.1. The van der Waals surface area contributed by atoms with Crippen LogP contribution in [0.25, 0.3) is 28.2 Å². The normalized spacial score (nSPS) is 14.5. The first-order chi connectivity index (χ1) is 14.9. The maximum Gasteiger partial charge on any atom is 0.266 e. The zero-order valence-corrected chi connectivity index (χ0v) is 18.7. The number of aromatic nitrogens is 2. The molecule has 4 aromatic rings. The summed E-state index contributed by atoms with van der Waals surface area (Å²) in [5, 5.41) is 1.06. The van der Waals surface area contributed by atoms with Crippen molar-refractivity contribution >= 4 is 61.7 Å². The van der Waals surface area contributed by atoms with Crippen molar-refractivity contribution < 1.29 is 4.79 Å². The second-order valence-corrected chi connectivity index (χ2v) is 8.54. The molecule has 5 rings (SSSR count). The van der Waals surface area contributed by atoms with Gasteiger partial charge in [0.1, 0.15) is 5.82 Å². The van der Waals surface area contributed by atoms with Gasteiger partial charge >= 0.3 is 0 Å². The van der Waals surface area contributed by atoms with E-state index in [0.29, 0.717) is 33.0 Å². The first-order valence-corrected chi connectivity index (χ1v) is 10.7. The summed E-state index contributed by atoms with van der Waals surface area (Å²) in [7, 11) is 1.73. The number of halogens is 2. The van der Waals surface area contributed by atoms with Crippen molar-refractivity contribution in [3.63, 3.8) is 0 Å². The molecule has 0 unspecified atom stereocenters. The summed E-state index contributed by atoms with van der Waals surface area (Å²) >= 11 is 9.53. The molecule has 1 amide bonds. The summed E-state index contributed by atoms with van der Waals surface area (Å²) in [5.74, 6) is 0.216. The van der Waals surface area contributed by atoms with Gasteiger partial charge in [-0.05, 0) is 60.7 Å². The van der Waals surface area contributed by atoms with Gasteiger partial charge in [-0.1, -0.05) is 39.7 Å². The largest absolute Gasteiger partial charge is 0.311 e. The average molecular weight is 493 g/mol. The van der Waals surface area contributed by atoms with Gasteiger partial charge in [-0.15, -0.1) is 0 Å². The molecule has 0 spiro atoms. The van der Waals surface area contributed by atoms with Crippen LogP contribution in [0.2, 0.25) is 5.02 Å². The third-order valence-electron chi connectivity index (χ3n) is 5.31. The molecule has 0 atom stereocenters. The van der Waals surface area contributed by atoms with Gasteiger partial charge in [0.2, 0.25) is 0 Å². The summed E-state index contributed by atoms with van der Waals surface area (Å²) in [6, 6.07) is 19.8.